The van der Waals surface area contributed by atoms with Crippen molar-refractivity contribution in [2.45, 2.75) is 26.9 Å². The fraction of sp³-hybridized carbons (Fsp3) is 0.625. The highest BCUT2D eigenvalue weighted by atomic mass is 35.5. The van der Waals surface area contributed by atoms with Gasteiger partial charge in [0.25, 0.3) is 0 Å². The molecule has 2 rings (SSSR count). The SMILES string of the molecule is Cc1cc(C)c(C)c(OCC(O)CN2CCOCC2)c1.Cl. The molecule has 1 aliphatic heterocycles. The van der Waals surface area contributed by atoms with E-state index in [1.54, 1.807) is 0 Å². The molecule has 1 aliphatic rings. The Bertz CT molecular complexity index is 447. The van der Waals surface area contributed by atoms with Gasteiger partial charge in [-0.1, -0.05) is 6.07 Å². The quantitative estimate of drug-likeness (QED) is 0.903. The number of halogens is 1. The molecule has 1 saturated heterocycles. The molecule has 1 aromatic carbocycles. The van der Waals surface area contributed by atoms with E-state index in [4.69, 9.17) is 9.47 Å². The van der Waals surface area contributed by atoms with Gasteiger partial charge >= 0.3 is 0 Å². The lowest BCUT2D eigenvalue weighted by Gasteiger charge is -2.28. The van der Waals surface area contributed by atoms with Crippen molar-refractivity contribution in [3.8, 4) is 5.75 Å². The summed E-state index contributed by atoms with van der Waals surface area (Å²) in [5, 5.41) is 10.1. The number of ether oxygens (including phenoxy) is 2. The van der Waals surface area contributed by atoms with E-state index < -0.39 is 6.10 Å². The van der Waals surface area contributed by atoms with Crippen LogP contribution in [0.2, 0.25) is 0 Å². The molecule has 1 atom stereocenters. The third-order valence-corrected chi connectivity index (χ3v) is 3.77. The molecule has 1 fully saturated rings. The first kappa shape index (κ1) is 18.2. The number of benzene rings is 1. The average Bonchev–Trinajstić information content (AvgIpc) is 2.42. The van der Waals surface area contributed by atoms with Crippen molar-refractivity contribution in [3.63, 3.8) is 0 Å². The maximum atomic E-state index is 10.1. The minimum Gasteiger partial charge on any atom is -0.491 e. The fourth-order valence-electron chi connectivity index (χ4n) is 2.47. The summed E-state index contributed by atoms with van der Waals surface area (Å²) in [6, 6.07) is 4.18. The van der Waals surface area contributed by atoms with Gasteiger partial charge in [-0.15, -0.1) is 12.4 Å². The van der Waals surface area contributed by atoms with Gasteiger partial charge in [0.1, 0.15) is 18.5 Å². The van der Waals surface area contributed by atoms with Crippen molar-refractivity contribution in [2.75, 3.05) is 39.5 Å². The number of β-amino-alcohol motifs (C(OH)–C–C–N with tert-alkyl or cyclic N) is 1. The third-order valence-electron chi connectivity index (χ3n) is 3.77. The van der Waals surface area contributed by atoms with Crippen LogP contribution in [0.15, 0.2) is 12.1 Å². The van der Waals surface area contributed by atoms with Gasteiger partial charge in [-0.3, -0.25) is 4.90 Å². The molecule has 1 N–H and O–H groups in total. The number of hydrogen-bond acceptors (Lipinski definition) is 4. The normalized spacial score (nSPS) is 17.1. The molecular weight excluding hydrogens is 290 g/mol. The monoisotopic (exact) mass is 315 g/mol. The van der Waals surface area contributed by atoms with Crippen LogP contribution in [0.4, 0.5) is 0 Å². The van der Waals surface area contributed by atoms with Crippen molar-refractivity contribution in [2.24, 2.45) is 0 Å². The minimum atomic E-state index is -0.465. The van der Waals surface area contributed by atoms with Crippen LogP contribution in [0.5, 0.6) is 5.75 Å². The number of morpholine rings is 1. The Morgan fingerprint density at radius 2 is 1.90 bits per heavy atom. The summed E-state index contributed by atoms with van der Waals surface area (Å²) in [6.45, 7) is 10.5. The molecule has 1 aromatic rings. The highest BCUT2D eigenvalue weighted by molar-refractivity contribution is 5.85. The van der Waals surface area contributed by atoms with E-state index in [1.807, 2.05) is 6.07 Å². The predicted molar refractivity (Wildman–Crippen MR) is 86.7 cm³/mol. The minimum absolute atomic E-state index is 0. The Labute approximate surface area is 133 Å². The first-order valence-corrected chi connectivity index (χ1v) is 7.25. The zero-order valence-corrected chi connectivity index (χ0v) is 13.9. The standard InChI is InChI=1S/C16H25NO3.ClH/c1-12-8-13(2)14(3)16(9-12)20-11-15(18)10-17-4-6-19-7-5-17;/h8-9,15,18H,4-7,10-11H2,1-3H3;1H. The summed E-state index contributed by atoms with van der Waals surface area (Å²) in [5.41, 5.74) is 3.56. The van der Waals surface area contributed by atoms with Gasteiger partial charge in [0.15, 0.2) is 0 Å². The van der Waals surface area contributed by atoms with Gasteiger partial charge < -0.3 is 14.6 Å². The van der Waals surface area contributed by atoms with Gasteiger partial charge in [0.05, 0.1) is 13.2 Å². The first-order chi connectivity index (χ1) is 9.56. The van der Waals surface area contributed by atoms with Gasteiger partial charge in [-0.25, -0.2) is 0 Å². The highest BCUT2D eigenvalue weighted by Gasteiger charge is 2.15. The van der Waals surface area contributed by atoms with Crippen molar-refractivity contribution in [3.05, 3.63) is 28.8 Å². The van der Waals surface area contributed by atoms with Crippen LogP contribution in [-0.2, 0) is 4.74 Å². The number of aryl methyl sites for hydroxylation is 2. The molecule has 1 heterocycles. The van der Waals surface area contributed by atoms with E-state index in [1.165, 1.54) is 11.1 Å². The van der Waals surface area contributed by atoms with Gasteiger partial charge in [0.2, 0.25) is 0 Å². The molecule has 21 heavy (non-hydrogen) atoms. The second-order valence-corrected chi connectivity index (χ2v) is 5.58. The Balaban J connectivity index is 0.00000220. The lowest BCUT2D eigenvalue weighted by atomic mass is 10.1. The van der Waals surface area contributed by atoms with Gasteiger partial charge in [-0.2, -0.15) is 0 Å². The van der Waals surface area contributed by atoms with Gasteiger partial charge in [-0.05, 0) is 43.5 Å². The predicted octanol–water partition coefficient (Wildman–Crippen LogP) is 2.11. The van der Waals surface area contributed by atoms with Crippen LogP contribution in [0.1, 0.15) is 16.7 Å². The largest absolute Gasteiger partial charge is 0.491 e. The first-order valence-electron chi connectivity index (χ1n) is 7.25. The molecule has 5 heteroatoms. The molecule has 120 valence electrons. The maximum Gasteiger partial charge on any atom is 0.122 e. The van der Waals surface area contributed by atoms with E-state index in [2.05, 4.69) is 31.7 Å². The Kier molecular flexibility index (Phi) is 7.46. The van der Waals surface area contributed by atoms with Crippen molar-refractivity contribution >= 4 is 12.4 Å². The average molecular weight is 316 g/mol. The lowest BCUT2D eigenvalue weighted by molar-refractivity contribution is 0.00459. The number of hydrogen-bond donors (Lipinski definition) is 1. The van der Waals surface area contributed by atoms with Gasteiger partial charge in [0, 0.05) is 19.6 Å². The van der Waals surface area contributed by atoms with Crippen LogP contribution in [-0.4, -0.2) is 55.6 Å². The molecule has 0 amide bonds. The molecule has 1 unspecified atom stereocenters. The lowest BCUT2D eigenvalue weighted by Crippen LogP contribution is -2.42. The van der Waals surface area contributed by atoms with Crippen LogP contribution >= 0.6 is 12.4 Å². The molecule has 0 saturated carbocycles. The zero-order chi connectivity index (χ0) is 14.5. The highest BCUT2D eigenvalue weighted by Crippen LogP contribution is 2.23. The fourth-order valence-corrected chi connectivity index (χ4v) is 2.47. The molecule has 0 spiro atoms. The second kappa shape index (κ2) is 8.59. The smallest absolute Gasteiger partial charge is 0.122 e. The summed E-state index contributed by atoms with van der Waals surface area (Å²) < 4.78 is 11.1. The van der Waals surface area contributed by atoms with E-state index in [0.717, 1.165) is 37.6 Å². The van der Waals surface area contributed by atoms with E-state index in [9.17, 15) is 5.11 Å². The van der Waals surface area contributed by atoms with Crippen LogP contribution < -0.4 is 4.74 Å². The van der Waals surface area contributed by atoms with Crippen LogP contribution in [0.25, 0.3) is 0 Å². The topological polar surface area (TPSA) is 41.9 Å². The van der Waals surface area contributed by atoms with Crippen molar-refractivity contribution in [1.29, 1.82) is 0 Å². The Morgan fingerprint density at radius 3 is 2.57 bits per heavy atom. The molecular formula is C16H26ClNO3. The van der Waals surface area contributed by atoms with E-state index >= 15 is 0 Å². The summed E-state index contributed by atoms with van der Waals surface area (Å²) in [6.07, 6.45) is -0.465. The Hall–Kier alpha value is -0.810. The van der Waals surface area contributed by atoms with Crippen molar-refractivity contribution < 1.29 is 14.6 Å². The summed E-state index contributed by atoms with van der Waals surface area (Å²) in [7, 11) is 0. The zero-order valence-electron chi connectivity index (χ0n) is 13.1. The molecule has 4 nitrogen and oxygen atoms in total. The van der Waals surface area contributed by atoms with E-state index in [-0.39, 0.29) is 12.4 Å². The summed E-state index contributed by atoms with van der Waals surface area (Å²) in [4.78, 5) is 2.21. The van der Waals surface area contributed by atoms with Crippen molar-refractivity contribution in [1.82, 2.24) is 4.90 Å². The number of aliphatic hydroxyl groups is 1. The summed E-state index contributed by atoms with van der Waals surface area (Å²) >= 11 is 0. The molecule has 0 aliphatic carbocycles. The molecule has 0 radical (unpaired) electrons. The summed E-state index contributed by atoms with van der Waals surface area (Å²) in [5.74, 6) is 0.878. The Morgan fingerprint density at radius 1 is 1.24 bits per heavy atom. The number of rotatable bonds is 5. The number of aliphatic hydroxyl groups excluding tert-OH is 1. The molecule has 0 aromatic heterocycles. The number of nitrogens with zero attached hydrogens (tertiary/aromatic N) is 1. The van der Waals surface area contributed by atoms with E-state index in [0.29, 0.717) is 13.2 Å². The van der Waals surface area contributed by atoms with Crippen LogP contribution in [0.3, 0.4) is 0 Å². The van der Waals surface area contributed by atoms with Crippen LogP contribution in [0, 0.1) is 20.8 Å². The molecule has 0 bridgehead atoms. The maximum absolute atomic E-state index is 10.1. The third kappa shape index (κ3) is 5.47. The second-order valence-electron chi connectivity index (χ2n) is 5.58.